The molecule has 0 heterocycles. The second-order valence-corrected chi connectivity index (χ2v) is 8.04. The molecule has 1 rings (SSSR count). The molecule has 1 aliphatic rings. The Morgan fingerprint density at radius 3 is 2.30 bits per heavy atom. The Morgan fingerprint density at radius 1 is 1.20 bits per heavy atom. The molecular formula is C18H38N2. The zero-order valence-electron chi connectivity index (χ0n) is 14.8. The molecule has 0 amide bonds. The van der Waals surface area contributed by atoms with Gasteiger partial charge in [0.15, 0.2) is 0 Å². The Kier molecular flexibility index (Phi) is 7.00. The van der Waals surface area contributed by atoms with Crippen molar-refractivity contribution in [1.29, 1.82) is 0 Å². The smallest absolute Gasteiger partial charge is 0.0138 e. The third kappa shape index (κ3) is 4.73. The van der Waals surface area contributed by atoms with Crippen molar-refractivity contribution in [2.75, 3.05) is 19.6 Å². The quantitative estimate of drug-likeness (QED) is 0.793. The summed E-state index contributed by atoms with van der Waals surface area (Å²) in [5.74, 6) is 2.35. The van der Waals surface area contributed by atoms with Gasteiger partial charge in [-0.05, 0) is 55.5 Å². The summed E-state index contributed by atoms with van der Waals surface area (Å²) in [7, 11) is 0. The highest BCUT2D eigenvalue weighted by atomic mass is 15.2. The number of nitrogens with zero attached hydrogens (tertiary/aromatic N) is 1. The van der Waals surface area contributed by atoms with E-state index in [2.05, 4.69) is 46.4 Å². The van der Waals surface area contributed by atoms with Crippen LogP contribution in [-0.2, 0) is 0 Å². The van der Waals surface area contributed by atoms with E-state index in [1.165, 1.54) is 38.8 Å². The van der Waals surface area contributed by atoms with E-state index in [-0.39, 0.29) is 0 Å². The SMILES string of the molecule is CCC(C)CN(CC)C1CC(C(C)(C)C)CCC1CN. The van der Waals surface area contributed by atoms with Gasteiger partial charge < -0.3 is 10.6 Å². The van der Waals surface area contributed by atoms with Gasteiger partial charge in [-0.2, -0.15) is 0 Å². The van der Waals surface area contributed by atoms with Gasteiger partial charge in [0.05, 0.1) is 0 Å². The number of nitrogens with two attached hydrogens (primary N) is 1. The molecule has 20 heavy (non-hydrogen) atoms. The molecule has 4 atom stereocenters. The van der Waals surface area contributed by atoms with E-state index in [9.17, 15) is 0 Å². The van der Waals surface area contributed by atoms with Crippen molar-refractivity contribution in [2.24, 2.45) is 28.9 Å². The molecule has 0 saturated heterocycles. The summed E-state index contributed by atoms with van der Waals surface area (Å²) in [4.78, 5) is 2.73. The van der Waals surface area contributed by atoms with Crippen LogP contribution in [0.4, 0.5) is 0 Å². The lowest BCUT2D eigenvalue weighted by atomic mass is 9.67. The Morgan fingerprint density at radius 2 is 1.85 bits per heavy atom. The van der Waals surface area contributed by atoms with Crippen LogP contribution in [0, 0.1) is 23.2 Å². The van der Waals surface area contributed by atoms with Gasteiger partial charge in [-0.15, -0.1) is 0 Å². The number of rotatable bonds is 6. The lowest BCUT2D eigenvalue weighted by molar-refractivity contribution is 0.0403. The van der Waals surface area contributed by atoms with Crippen LogP contribution in [0.15, 0.2) is 0 Å². The van der Waals surface area contributed by atoms with Crippen molar-refractivity contribution >= 4 is 0 Å². The molecule has 0 spiro atoms. The average molecular weight is 283 g/mol. The number of hydrogen-bond acceptors (Lipinski definition) is 2. The van der Waals surface area contributed by atoms with Crippen molar-refractivity contribution in [1.82, 2.24) is 4.90 Å². The summed E-state index contributed by atoms with van der Waals surface area (Å²) in [5, 5.41) is 0. The maximum Gasteiger partial charge on any atom is 0.0138 e. The van der Waals surface area contributed by atoms with Crippen LogP contribution in [0.5, 0.6) is 0 Å². The van der Waals surface area contributed by atoms with Gasteiger partial charge in [-0.3, -0.25) is 0 Å². The molecule has 0 aliphatic heterocycles. The van der Waals surface area contributed by atoms with Crippen LogP contribution >= 0.6 is 0 Å². The third-order valence-electron chi connectivity index (χ3n) is 5.60. The first-order valence-corrected chi connectivity index (χ1v) is 8.77. The molecule has 4 unspecified atom stereocenters. The van der Waals surface area contributed by atoms with E-state index < -0.39 is 0 Å². The first-order valence-electron chi connectivity index (χ1n) is 8.77. The predicted octanol–water partition coefficient (Wildman–Crippen LogP) is 4.14. The average Bonchev–Trinajstić information content (AvgIpc) is 2.42. The Labute approximate surface area is 127 Å². The van der Waals surface area contributed by atoms with Gasteiger partial charge in [0.2, 0.25) is 0 Å². The summed E-state index contributed by atoms with van der Waals surface area (Å²) in [6.07, 6.45) is 5.30. The van der Waals surface area contributed by atoms with Gasteiger partial charge >= 0.3 is 0 Å². The van der Waals surface area contributed by atoms with E-state index in [4.69, 9.17) is 5.73 Å². The topological polar surface area (TPSA) is 29.3 Å². The second-order valence-electron chi connectivity index (χ2n) is 8.04. The van der Waals surface area contributed by atoms with E-state index >= 15 is 0 Å². The fourth-order valence-corrected chi connectivity index (χ4v) is 3.75. The van der Waals surface area contributed by atoms with Gasteiger partial charge in [-0.1, -0.05) is 48.0 Å². The van der Waals surface area contributed by atoms with Crippen LogP contribution in [0.25, 0.3) is 0 Å². The highest BCUT2D eigenvalue weighted by Gasteiger charge is 2.37. The monoisotopic (exact) mass is 282 g/mol. The molecular weight excluding hydrogens is 244 g/mol. The van der Waals surface area contributed by atoms with Crippen molar-refractivity contribution < 1.29 is 0 Å². The summed E-state index contributed by atoms with van der Waals surface area (Å²) in [6.45, 7) is 17.5. The molecule has 0 radical (unpaired) electrons. The molecule has 0 aromatic carbocycles. The normalized spacial score (nSPS) is 29.7. The molecule has 0 aromatic heterocycles. The minimum absolute atomic E-state index is 0.438. The van der Waals surface area contributed by atoms with Gasteiger partial charge in [0.25, 0.3) is 0 Å². The van der Waals surface area contributed by atoms with Crippen LogP contribution < -0.4 is 5.73 Å². The molecule has 2 N–H and O–H groups in total. The molecule has 0 bridgehead atoms. The maximum absolute atomic E-state index is 6.08. The highest BCUT2D eigenvalue weighted by molar-refractivity contribution is 4.91. The minimum Gasteiger partial charge on any atom is -0.330 e. The van der Waals surface area contributed by atoms with Crippen molar-refractivity contribution in [3.63, 3.8) is 0 Å². The molecule has 120 valence electrons. The van der Waals surface area contributed by atoms with E-state index in [1.54, 1.807) is 0 Å². The molecule has 1 fully saturated rings. The predicted molar refractivity (Wildman–Crippen MR) is 89.8 cm³/mol. The summed E-state index contributed by atoms with van der Waals surface area (Å²) >= 11 is 0. The Balaban J connectivity index is 2.78. The Bertz CT molecular complexity index is 269. The van der Waals surface area contributed by atoms with Crippen LogP contribution in [0.1, 0.15) is 67.2 Å². The standard InChI is InChI=1S/C18H38N2/c1-7-14(3)13-20(8-2)17-11-16(18(4,5)6)10-9-15(17)12-19/h14-17H,7-13,19H2,1-6H3. The van der Waals surface area contributed by atoms with Gasteiger partial charge in [0.1, 0.15) is 0 Å². The zero-order valence-corrected chi connectivity index (χ0v) is 14.8. The van der Waals surface area contributed by atoms with Gasteiger partial charge in [0, 0.05) is 12.6 Å². The summed E-state index contributed by atoms with van der Waals surface area (Å²) in [6, 6.07) is 0.706. The molecule has 1 saturated carbocycles. The largest absolute Gasteiger partial charge is 0.330 e. The van der Waals surface area contributed by atoms with E-state index in [0.29, 0.717) is 17.4 Å². The number of hydrogen-bond donors (Lipinski definition) is 1. The maximum atomic E-state index is 6.08. The summed E-state index contributed by atoms with van der Waals surface area (Å²) < 4.78 is 0. The van der Waals surface area contributed by atoms with Gasteiger partial charge in [-0.25, -0.2) is 0 Å². The van der Waals surface area contributed by atoms with Crippen molar-refractivity contribution in [3.8, 4) is 0 Å². The van der Waals surface area contributed by atoms with Crippen LogP contribution in [-0.4, -0.2) is 30.6 Å². The van der Waals surface area contributed by atoms with Crippen LogP contribution in [0.3, 0.4) is 0 Å². The van der Waals surface area contributed by atoms with E-state index in [1.807, 2.05) is 0 Å². The second kappa shape index (κ2) is 7.79. The lowest BCUT2D eigenvalue weighted by Crippen LogP contribution is -2.49. The fourth-order valence-electron chi connectivity index (χ4n) is 3.75. The first-order chi connectivity index (χ1) is 9.33. The van der Waals surface area contributed by atoms with Crippen molar-refractivity contribution in [2.45, 2.75) is 73.3 Å². The first kappa shape index (κ1) is 18.0. The Hall–Kier alpha value is -0.0800. The highest BCUT2D eigenvalue weighted by Crippen LogP contribution is 2.41. The molecule has 1 aliphatic carbocycles. The molecule has 0 aromatic rings. The lowest BCUT2D eigenvalue weighted by Gasteiger charge is -2.46. The molecule has 2 heteroatoms. The van der Waals surface area contributed by atoms with E-state index in [0.717, 1.165) is 18.4 Å². The fraction of sp³-hybridized carbons (Fsp3) is 1.00. The van der Waals surface area contributed by atoms with Crippen molar-refractivity contribution in [3.05, 3.63) is 0 Å². The summed E-state index contributed by atoms with van der Waals surface area (Å²) in [5.41, 5.74) is 6.52. The molecule has 2 nitrogen and oxygen atoms in total. The minimum atomic E-state index is 0.438. The van der Waals surface area contributed by atoms with Crippen LogP contribution in [0.2, 0.25) is 0 Å². The third-order valence-corrected chi connectivity index (χ3v) is 5.60. The zero-order chi connectivity index (χ0) is 15.3.